The molecule has 0 bridgehead atoms. The van der Waals surface area contributed by atoms with Crippen molar-refractivity contribution in [3.63, 3.8) is 0 Å². The summed E-state index contributed by atoms with van der Waals surface area (Å²) in [6, 6.07) is 12.4. The molecule has 0 fully saturated rings. The summed E-state index contributed by atoms with van der Waals surface area (Å²) in [6.07, 6.45) is 1.57. The lowest BCUT2D eigenvalue weighted by Crippen LogP contribution is -2.15. The molecule has 34 heavy (non-hydrogen) atoms. The van der Waals surface area contributed by atoms with E-state index in [9.17, 15) is 18.4 Å². The molecule has 9 heteroatoms. The number of ketones is 1. The summed E-state index contributed by atoms with van der Waals surface area (Å²) in [6.45, 7) is 0.234. The molecule has 0 aliphatic heterocycles. The van der Waals surface area contributed by atoms with Gasteiger partial charge in [-0.15, -0.1) is 0 Å². The first-order valence-corrected chi connectivity index (χ1v) is 10.2. The van der Waals surface area contributed by atoms with Gasteiger partial charge < -0.3 is 15.7 Å². The average molecular weight is 465 g/mol. The van der Waals surface area contributed by atoms with E-state index in [4.69, 9.17) is 5.11 Å². The molecule has 3 N–H and O–H groups in total. The molecule has 6 nitrogen and oxygen atoms in total. The molecule has 1 amide bonds. The van der Waals surface area contributed by atoms with Crippen molar-refractivity contribution in [1.29, 1.82) is 0 Å². The van der Waals surface area contributed by atoms with Crippen molar-refractivity contribution in [3.05, 3.63) is 101 Å². The zero-order valence-corrected chi connectivity index (χ0v) is 17.6. The smallest absolute Gasteiger partial charge is 0.255 e. The number of aliphatic hydroxyl groups is 1. The van der Waals surface area contributed by atoms with E-state index in [-0.39, 0.29) is 17.7 Å². The number of hydrogen-bond donors (Lipinski definition) is 3. The topological polar surface area (TPSA) is 91.3 Å². The number of rotatable bonds is 7. The zero-order valence-electron chi connectivity index (χ0n) is 17.6. The Hall–Kier alpha value is -4.24. The van der Waals surface area contributed by atoms with Gasteiger partial charge in [0.05, 0.1) is 35.3 Å². The number of fused-ring (bicyclic) bond motifs is 1. The normalized spacial score (nSPS) is 10.8. The highest BCUT2D eigenvalue weighted by atomic mass is 19.1. The summed E-state index contributed by atoms with van der Waals surface area (Å²) in [5.41, 5.74) is 0.0657. The van der Waals surface area contributed by atoms with Crippen LogP contribution in [0.15, 0.2) is 66.9 Å². The maximum Gasteiger partial charge on any atom is 0.255 e. The Morgan fingerprint density at radius 1 is 0.912 bits per heavy atom. The third-order valence-electron chi connectivity index (χ3n) is 5.00. The molecular weight excluding hydrogens is 447 g/mol. The molecule has 0 atom stereocenters. The number of aliphatic hydroxyl groups excluding tert-OH is 1. The maximum atomic E-state index is 15.1. The van der Waals surface area contributed by atoms with Crippen LogP contribution in [0.5, 0.6) is 0 Å². The van der Waals surface area contributed by atoms with E-state index in [0.717, 1.165) is 24.3 Å². The number of pyridine rings is 1. The van der Waals surface area contributed by atoms with Gasteiger partial charge in [0.25, 0.3) is 5.91 Å². The largest absolute Gasteiger partial charge is 0.395 e. The van der Waals surface area contributed by atoms with Crippen molar-refractivity contribution in [2.75, 3.05) is 23.8 Å². The number of benzene rings is 3. The summed E-state index contributed by atoms with van der Waals surface area (Å²) in [4.78, 5) is 29.6. The number of aromatic nitrogens is 1. The van der Waals surface area contributed by atoms with E-state index < -0.39 is 40.4 Å². The first-order valence-electron chi connectivity index (χ1n) is 10.2. The molecule has 172 valence electrons. The summed E-state index contributed by atoms with van der Waals surface area (Å²) in [7, 11) is 0. The van der Waals surface area contributed by atoms with Crippen LogP contribution in [-0.4, -0.2) is 34.9 Å². The summed E-state index contributed by atoms with van der Waals surface area (Å²) >= 11 is 0. The van der Waals surface area contributed by atoms with E-state index in [1.54, 1.807) is 18.3 Å². The molecule has 0 saturated carbocycles. The van der Waals surface area contributed by atoms with Crippen LogP contribution in [0.3, 0.4) is 0 Å². The number of carbonyl (C=O) groups excluding carboxylic acids is 2. The van der Waals surface area contributed by atoms with Crippen LogP contribution < -0.4 is 10.6 Å². The van der Waals surface area contributed by atoms with Crippen LogP contribution in [0, 0.1) is 17.5 Å². The van der Waals surface area contributed by atoms with Gasteiger partial charge in [0.2, 0.25) is 0 Å². The molecule has 0 aliphatic rings. The second-order valence-corrected chi connectivity index (χ2v) is 7.39. The van der Waals surface area contributed by atoms with E-state index in [2.05, 4.69) is 15.6 Å². The highest BCUT2D eigenvalue weighted by Crippen LogP contribution is 2.25. The SMILES string of the molecule is O=C(Nc1cc(F)cc(C(=O)c2ccc3ncc(NCCO)cc3c2)c1F)c1cccc(F)c1. The number of carbonyl (C=O) groups is 2. The average Bonchev–Trinajstić information content (AvgIpc) is 2.83. The van der Waals surface area contributed by atoms with Gasteiger partial charge in [-0.3, -0.25) is 14.6 Å². The molecule has 0 saturated heterocycles. The van der Waals surface area contributed by atoms with E-state index in [1.165, 1.54) is 24.3 Å². The minimum Gasteiger partial charge on any atom is -0.395 e. The van der Waals surface area contributed by atoms with Crippen molar-refractivity contribution in [2.45, 2.75) is 0 Å². The van der Waals surface area contributed by atoms with Crippen LogP contribution in [0.1, 0.15) is 26.3 Å². The molecule has 0 spiro atoms. The van der Waals surface area contributed by atoms with Gasteiger partial charge in [-0.2, -0.15) is 0 Å². The molecule has 0 unspecified atom stereocenters. The molecule has 1 heterocycles. The summed E-state index contributed by atoms with van der Waals surface area (Å²) in [5.74, 6) is -4.37. The van der Waals surface area contributed by atoms with Gasteiger partial charge in [0.1, 0.15) is 11.6 Å². The minimum atomic E-state index is -1.12. The molecule has 0 aliphatic carbocycles. The Kier molecular flexibility index (Phi) is 6.55. The Bertz CT molecular complexity index is 1410. The fourth-order valence-corrected chi connectivity index (χ4v) is 3.39. The second kappa shape index (κ2) is 9.72. The number of hydrogen-bond acceptors (Lipinski definition) is 5. The highest BCUT2D eigenvalue weighted by Gasteiger charge is 2.21. The lowest BCUT2D eigenvalue weighted by molar-refractivity contribution is 0.101. The van der Waals surface area contributed by atoms with Crippen LogP contribution in [0.25, 0.3) is 10.9 Å². The predicted molar refractivity (Wildman–Crippen MR) is 121 cm³/mol. The van der Waals surface area contributed by atoms with Crippen LogP contribution in [-0.2, 0) is 0 Å². The summed E-state index contributed by atoms with van der Waals surface area (Å²) in [5, 5.41) is 14.7. The van der Waals surface area contributed by atoms with Gasteiger partial charge in [-0.1, -0.05) is 6.07 Å². The standard InChI is InChI=1S/C25H18F3N3O3/c26-17-3-1-2-15(9-17)25(34)31-22-12-18(27)11-20(23(22)28)24(33)14-4-5-21-16(8-14)10-19(13-30-21)29-6-7-32/h1-5,8-13,29,32H,6-7H2,(H,31,34). The molecule has 1 aromatic heterocycles. The van der Waals surface area contributed by atoms with Crippen LogP contribution in [0.4, 0.5) is 24.5 Å². The first kappa shape index (κ1) is 22.9. The fourth-order valence-electron chi connectivity index (χ4n) is 3.39. The lowest BCUT2D eigenvalue weighted by atomic mass is 10.00. The van der Waals surface area contributed by atoms with E-state index in [0.29, 0.717) is 23.1 Å². The molecule has 4 rings (SSSR count). The third-order valence-corrected chi connectivity index (χ3v) is 5.00. The minimum absolute atomic E-state index is 0.0759. The number of nitrogens with zero attached hydrogens (tertiary/aromatic N) is 1. The Labute approximate surface area is 192 Å². The lowest BCUT2D eigenvalue weighted by Gasteiger charge is -2.11. The highest BCUT2D eigenvalue weighted by molar-refractivity contribution is 6.12. The Morgan fingerprint density at radius 2 is 1.74 bits per heavy atom. The van der Waals surface area contributed by atoms with E-state index >= 15 is 4.39 Å². The monoisotopic (exact) mass is 465 g/mol. The predicted octanol–water partition coefficient (Wildman–Crippen LogP) is 4.54. The zero-order chi connectivity index (χ0) is 24.2. The van der Waals surface area contributed by atoms with Gasteiger partial charge in [0, 0.05) is 29.1 Å². The number of nitrogens with one attached hydrogen (secondary N) is 2. The van der Waals surface area contributed by atoms with Crippen molar-refractivity contribution < 1.29 is 27.9 Å². The van der Waals surface area contributed by atoms with E-state index in [1.807, 2.05) is 0 Å². The van der Waals surface area contributed by atoms with Gasteiger partial charge in [0.15, 0.2) is 11.6 Å². The van der Waals surface area contributed by atoms with Crippen molar-refractivity contribution in [2.24, 2.45) is 0 Å². The van der Waals surface area contributed by atoms with Gasteiger partial charge >= 0.3 is 0 Å². The van der Waals surface area contributed by atoms with Crippen molar-refractivity contribution in [1.82, 2.24) is 4.98 Å². The first-order chi connectivity index (χ1) is 16.4. The molecular formula is C25H18F3N3O3. The number of halogens is 3. The van der Waals surface area contributed by atoms with Crippen LogP contribution >= 0.6 is 0 Å². The second-order valence-electron chi connectivity index (χ2n) is 7.39. The Balaban J connectivity index is 1.66. The third kappa shape index (κ3) is 4.89. The van der Waals surface area contributed by atoms with Crippen molar-refractivity contribution in [3.8, 4) is 0 Å². The number of anilines is 2. The fraction of sp³-hybridized carbons (Fsp3) is 0.0800. The maximum absolute atomic E-state index is 15.1. The van der Waals surface area contributed by atoms with Crippen molar-refractivity contribution >= 4 is 34.0 Å². The Morgan fingerprint density at radius 3 is 2.50 bits per heavy atom. The molecule has 4 aromatic rings. The quantitative estimate of drug-likeness (QED) is 0.349. The molecule has 3 aromatic carbocycles. The van der Waals surface area contributed by atoms with Gasteiger partial charge in [-0.05, 0) is 48.5 Å². The number of amides is 1. The van der Waals surface area contributed by atoms with Gasteiger partial charge in [-0.25, -0.2) is 13.2 Å². The summed E-state index contributed by atoms with van der Waals surface area (Å²) < 4.78 is 42.8. The van der Waals surface area contributed by atoms with Crippen LogP contribution in [0.2, 0.25) is 0 Å². The molecule has 0 radical (unpaired) electrons.